The molecule has 1 unspecified atom stereocenters. The number of nitrogens with one attached hydrogen (secondary N) is 1. The van der Waals surface area contributed by atoms with Crippen molar-refractivity contribution in [1.82, 2.24) is 5.32 Å². The molecule has 0 aliphatic carbocycles. The summed E-state index contributed by atoms with van der Waals surface area (Å²) in [5, 5.41) is 3.78. The van der Waals surface area contributed by atoms with Crippen LogP contribution in [0, 0.1) is 0 Å². The van der Waals surface area contributed by atoms with E-state index in [1.807, 2.05) is 37.3 Å². The molecule has 6 heteroatoms. The first-order valence-electron chi connectivity index (χ1n) is 6.59. The highest BCUT2D eigenvalue weighted by atomic mass is 35.5. The molecule has 0 aromatic heterocycles. The summed E-state index contributed by atoms with van der Waals surface area (Å²) >= 11 is 17.8. The molecule has 1 N–H and O–H groups in total. The van der Waals surface area contributed by atoms with E-state index in [-0.39, 0.29) is 34.4 Å². The van der Waals surface area contributed by atoms with E-state index in [4.69, 9.17) is 39.5 Å². The predicted molar refractivity (Wildman–Crippen MR) is 90.0 cm³/mol. The van der Waals surface area contributed by atoms with Crippen LogP contribution >= 0.6 is 34.8 Å². The average Bonchev–Trinajstić information content (AvgIpc) is 2.47. The largest absolute Gasteiger partial charge is 0.481 e. The van der Waals surface area contributed by atoms with Crippen molar-refractivity contribution in [1.29, 1.82) is 0 Å². The van der Waals surface area contributed by atoms with E-state index >= 15 is 0 Å². The van der Waals surface area contributed by atoms with Crippen LogP contribution in [0.4, 0.5) is 0 Å². The Labute approximate surface area is 144 Å². The lowest BCUT2D eigenvalue weighted by Gasteiger charge is -2.15. The van der Waals surface area contributed by atoms with Gasteiger partial charge in [0.1, 0.15) is 0 Å². The number of halogens is 3. The first-order valence-corrected chi connectivity index (χ1v) is 7.72. The van der Waals surface area contributed by atoms with Crippen LogP contribution in [0.3, 0.4) is 0 Å². The van der Waals surface area contributed by atoms with Gasteiger partial charge in [-0.3, -0.25) is 4.79 Å². The van der Waals surface area contributed by atoms with Gasteiger partial charge in [-0.15, -0.1) is 0 Å². The monoisotopic (exact) mass is 357 g/mol. The normalized spacial score (nSPS) is 11.8. The minimum absolute atomic E-state index is 0.117. The summed E-state index contributed by atoms with van der Waals surface area (Å²) in [6, 6.07) is 12.5. The third-order valence-corrected chi connectivity index (χ3v) is 3.77. The molecule has 116 valence electrons. The first-order chi connectivity index (χ1) is 10.5. The van der Waals surface area contributed by atoms with Crippen molar-refractivity contribution < 1.29 is 9.53 Å². The van der Waals surface area contributed by atoms with Crippen LogP contribution in [0.25, 0.3) is 0 Å². The Hall–Kier alpha value is -1.42. The average molecular weight is 359 g/mol. The smallest absolute Gasteiger partial charge is 0.258 e. The van der Waals surface area contributed by atoms with E-state index in [0.29, 0.717) is 5.02 Å². The Balaban J connectivity index is 1.94. The van der Waals surface area contributed by atoms with Gasteiger partial charge in [-0.1, -0.05) is 65.1 Å². The Bertz CT molecular complexity index is 639. The quantitative estimate of drug-likeness (QED) is 0.825. The number of ether oxygens (including phenoxy) is 1. The molecule has 2 aromatic rings. The highest BCUT2D eigenvalue weighted by Crippen LogP contribution is 2.35. The summed E-state index contributed by atoms with van der Waals surface area (Å²) < 4.78 is 5.39. The molecule has 0 saturated carbocycles. The molecule has 0 aliphatic heterocycles. The molecule has 0 aliphatic rings. The second kappa shape index (κ2) is 7.73. The van der Waals surface area contributed by atoms with Gasteiger partial charge >= 0.3 is 0 Å². The Kier molecular flexibility index (Phi) is 5.95. The van der Waals surface area contributed by atoms with Crippen molar-refractivity contribution in [3.05, 3.63) is 63.1 Å². The summed E-state index contributed by atoms with van der Waals surface area (Å²) in [6.45, 7) is 1.72. The fourth-order valence-electron chi connectivity index (χ4n) is 1.91. The molecule has 3 nitrogen and oxygen atoms in total. The molecule has 2 rings (SSSR count). The van der Waals surface area contributed by atoms with Crippen LogP contribution in [-0.4, -0.2) is 12.5 Å². The number of carbonyl (C=O) groups excluding carboxylic acids is 1. The number of hydrogen-bond donors (Lipinski definition) is 1. The van der Waals surface area contributed by atoms with Crippen LogP contribution in [0.1, 0.15) is 18.5 Å². The molecule has 0 spiro atoms. The molecular formula is C16H14Cl3NO2. The summed E-state index contributed by atoms with van der Waals surface area (Å²) in [7, 11) is 0. The van der Waals surface area contributed by atoms with E-state index in [0.717, 1.165) is 5.56 Å². The fraction of sp³-hybridized carbons (Fsp3) is 0.188. The topological polar surface area (TPSA) is 38.3 Å². The zero-order valence-corrected chi connectivity index (χ0v) is 14.0. The van der Waals surface area contributed by atoms with Crippen molar-refractivity contribution >= 4 is 40.7 Å². The Morgan fingerprint density at radius 3 is 2.32 bits per heavy atom. The molecule has 22 heavy (non-hydrogen) atoms. The molecule has 0 radical (unpaired) electrons. The maximum absolute atomic E-state index is 11.9. The number of rotatable bonds is 5. The van der Waals surface area contributed by atoms with Gasteiger partial charge in [0.05, 0.1) is 16.1 Å². The Morgan fingerprint density at radius 1 is 1.14 bits per heavy atom. The van der Waals surface area contributed by atoms with Crippen LogP contribution in [0.5, 0.6) is 5.75 Å². The minimum Gasteiger partial charge on any atom is -0.481 e. The molecule has 0 fully saturated rings. The van der Waals surface area contributed by atoms with Crippen molar-refractivity contribution in [2.24, 2.45) is 0 Å². The van der Waals surface area contributed by atoms with Crippen molar-refractivity contribution in [3.8, 4) is 5.75 Å². The maximum atomic E-state index is 11.9. The molecule has 0 bridgehead atoms. The summed E-state index contributed by atoms with van der Waals surface area (Å²) in [5.41, 5.74) is 1.01. The molecule has 0 heterocycles. The zero-order valence-electron chi connectivity index (χ0n) is 11.8. The van der Waals surface area contributed by atoms with Crippen LogP contribution in [-0.2, 0) is 4.79 Å². The number of hydrogen-bond acceptors (Lipinski definition) is 2. The second-order valence-corrected chi connectivity index (χ2v) is 5.94. The maximum Gasteiger partial charge on any atom is 0.258 e. The predicted octanol–water partition coefficient (Wildman–Crippen LogP) is 4.90. The van der Waals surface area contributed by atoms with Crippen LogP contribution in [0.15, 0.2) is 42.5 Å². The third-order valence-electron chi connectivity index (χ3n) is 2.99. The van der Waals surface area contributed by atoms with Gasteiger partial charge in [0.2, 0.25) is 0 Å². The molecule has 2 aromatic carbocycles. The van der Waals surface area contributed by atoms with Gasteiger partial charge in [0.25, 0.3) is 5.91 Å². The van der Waals surface area contributed by atoms with Gasteiger partial charge in [-0.2, -0.15) is 0 Å². The lowest BCUT2D eigenvalue weighted by molar-refractivity contribution is -0.123. The summed E-state index contributed by atoms with van der Waals surface area (Å²) in [4.78, 5) is 11.9. The van der Waals surface area contributed by atoms with Crippen LogP contribution < -0.4 is 10.1 Å². The molecule has 1 atom stereocenters. The number of carbonyl (C=O) groups is 1. The van der Waals surface area contributed by atoms with Crippen molar-refractivity contribution in [2.75, 3.05) is 6.61 Å². The molecule has 0 saturated heterocycles. The number of benzene rings is 2. The van der Waals surface area contributed by atoms with Crippen LogP contribution in [0.2, 0.25) is 15.1 Å². The van der Waals surface area contributed by atoms with Crippen molar-refractivity contribution in [3.63, 3.8) is 0 Å². The summed E-state index contributed by atoms with van der Waals surface area (Å²) in [5.74, 6) is -0.0197. The highest BCUT2D eigenvalue weighted by Gasteiger charge is 2.13. The van der Waals surface area contributed by atoms with E-state index in [2.05, 4.69) is 5.32 Å². The third kappa shape index (κ3) is 4.54. The fourth-order valence-corrected chi connectivity index (χ4v) is 2.84. The minimum atomic E-state index is -0.265. The SMILES string of the molecule is CC(NC(=O)COc1c(Cl)cc(Cl)cc1Cl)c1ccccc1. The van der Waals surface area contributed by atoms with Gasteiger partial charge in [0, 0.05) is 5.02 Å². The van der Waals surface area contributed by atoms with E-state index in [1.165, 1.54) is 12.1 Å². The van der Waals surface area contributed by atoms with E-state index < -0.39 is 0 Å². The molecule has 1 amide bonds. The van der Waals surface area contributed by atoms with E-state index in [9.17, 15) is 4.79 Å². The Morgan fingerprint density at radius 2 is 1.73 bits per heavy atom. The number of amides is 1. The van der Waals surface area contributed by atoms with Gasteiger partial charge in [-0.25, -0.2) is 0 Å². The lowest BCUT2D eigenvalue weighted by atomic mass is 10.1. The highest BCUT2D eigenvalue weighted by molar-refractivity contribution is 6.40. The second-order valence-electron chi connectivity index (χ2n) is 4.69. The summed E-state index contributed by atoms with van der Waals surface area (Å²) in [6.07, 6.45) is 0. The molecular weight excluding hydrogens is 345 g/mol. The van der Waals surface area contributed by atoms with Crippen molar-refractivity contribution in [2.45, 2.75) is 13.0 Å². The van der Waals surface area contributed by atoms with E-state index in [1.54, 1.807) is 0 Å². The lowest BCUT2D eigenvalue weighted by Crippen LogP contribution is -2.31. The van der Waals surface area contributed by atoms with Gasteiger partial charge in [0.15, 0.2) is 12.4 Å². The van der Waals surface area contributed by atoms with Gasteiger partial charge in [-0.05, 0) is 24.6 Å². The standard InChI is InChI=1S/C16H14Cl3NO2/c1-10(11-5-3-2-4-6-11)20-15(21)9-22-16-13(18)7-12(17)8-14(16)19/h2-8,10H,9H2,1H3,(H,20,21). The van der Waals surface area contributed by atoms with Gasteiger partial charge < -0.3 is 10.1 Å². The zero-order chi connectivity index (χ0) is 16.1. The first kappa shape index (κ1) is 16.9.